The summed E-state index contributed by atoms with van der Waals surface area (Å²) in [6.07, 6.45) is 2.77. The number of nitrogens with one attached hydrogen (secondary N) is 2. The zero-order chi connectivity index (χ0) is 45.2. The Balaban J connectivity index is 0.000000300. The molecule has 5 aromatic rings. The minimum absolute atomic E-state index is 0.0522. The van der Waals surface area contributed by atoms with Gasteiger partial charge in [-0.3, -0.25) is 14.4 Å². The molecule has 0 saturated carbocycles. The topological polar surface area (TPSA) is 159 Å². The summed E-state index contributed by atoms with van der Waals surface area (Å²) in [7, 11) is -1.46. The number of benzene rings is 4. The number of carbonyl (C=O) groups excluding carboxylic acids is 1. The van der Waals surface area contributed by atoms with Crippen molar-refractivity contribution < 1.29 is 18.3 Å². The minimum Gasteiger partial charge on any atom is -0.504 e. The van der Waals surface area contributed by atoms with Gasteiger partial charge in [0.15, 0.2) is 11.5 Å². The van der Waals surface area contributed by atoms with Crippen LogP contribution in [0.5, 0.6) is 5.75 Å². The summed E-state index contributed by atoms with van der Waals surface area (Å²) in [6.45, 7) is 18.8. The number of nitrogens with two attached hydrogens (primary N) is 1. The lowest BCUT2D eigenvalue weighted by atomic mass is 9.78. The maximum absolute atomic E-state index is 12.6. The van der Waals surface area contributed by atoms with Crippen LogP contribution in [0, 0.1) is 16.2 Å². The Morgan fingerprint density at radius 1 is 0.717 bits per heavy atom. The Hall–Kier alpha value is -4.81. The number of rotatable bonds is 15. The van der Waals surface area contributed by atoms with Crippen molar-refractivity contribution >= 4 is 44.5 Å². The summed E-state index contributed by atoms with van der Waals surface area (Å²) in [6, 6.07) is 31.9. The second-order valence-electron chi connectivity index (χ2n) is 17.1. The predicted molar refractivity (Wildman–Crippen MR) is 248 cm³/mol. The molecule has 0 aliphatic heterocycles. The molecule has 5 rings (SSSR count). The van der Waals surface area contributed by atoms with Gasteiger partial charge in [0.2, 0.25) is 10.0 Å². The maximum Gasteiger partial charge on any atom is 0.253 e. The van der Waals surface area contributed by atoms with E-state index in [1.54, 1.807) is 0 Å². The van der Waals surface area contributed by atoms with E-state index < -0.39 is 31.5 Å². The summed E-state index contributed by atoms with van der Waals surface area (Å²) in [5.41, 5.74) is 7.35. The molecule has 60 heavy (non-hydrogen) atoms. The average molecular weight is 860 g/mol. The molecule has 2 unspecified atom stereocenters. The molecule has 0 heterocycles. The normalized spacial score (nSPS) is 13.0. The molecule has 0 spiro atoms. The highest BCUT2D eigenvalue weighted by molar-refractivity contribution is 7.89. The summed E-state index contributed by atoms with van der Waals surface area (Å²) >= 11 is 6.06. The highest BCUT2D eigenvalue weighted by atomic mass is 35.5. The fourth-order valence-electron chi connectivity index (χ4n) is 6.05. The van der Waals surface area contributed by atoms with Gasteiger partial charge in [0.05, 0.1) is 16.8 Å². The summed E-state index contributed by atoms with van der Waals surface area (Å²) in [4.78, 5) is 36.3. The molecule has 0 bridgehead atoms. The first-order chi connectivity index (χ1) is 28.0. The number of phenolic OH excluding ortho intramolecular Hbond substituents is 1. The second-order valence-corrected chi connectivity index (χ2v) is 19.6. The van der Waals surface area contributed by atoms with Crippen molar-refractivity contribution in [2.24, 2.45) is 22.0 Å². The van der Waals surface area contributed by atoms with Crippen molar-refractivity contribution in [3.63, 3.8) is 0 Å². The fourth-order valence-corrected chi connectivity index (χ4v) is 7.53. The number of ketones is 1. The van der Waals surface area contributed by atoms with E-state index in [1.165, 1.54) is 31.8 Å². The molecule has 0 saturated heterocycles. The zero-order valence-corrected chi connectivity index (χ0v) is 38.5. The molecular weight excluding hydrogens is 796 g/mol. The predicted octanol–water partition coefficient (Wildman–Crippen LogP) is 10.7. The number of anilines is 3. The van der Waals surface area contributed by atoms with Crippen molar-refractivity contribution in [2.45, 2.75) is 98.6 Å². The van der Waals surface area contributed by atoms with Crippen LogP contribution in [-0.2, 0) is 10.0 Å². The fraction of sp³-hybridized carbons (Fsp3) is 0.396. The number of halogens is 1. The molecule has 2 atom stereocenters. The molecular formula is C48H63ClN4O6S. The average Bonchev–Trinajstić information content (AvgIpc) is 3.24. The van der Waals surface area contributed by atoms with Crippen LogP contribution in [0.3, 0.4) is 0 Å². The van der Waals surface area contributed by atoms with Crippen molar-refractivity contribution in [3.05, 3.63) is 145 Å². The van der Waals surface area contributed by atoms with Crippen molar-refractivity contribution in [3.8, 4) is 5.75 Å². The van der Waals surface area contributed by atoms with Gasteiger partial charge in [-0.1, -0.05) is 165 Å². The Labute approximate surface area is 361 Å². The summed E-state index contributed by atoms with van der Waals surface area (Å²) in [5, 5.41) is 16.5. The Bertz CT molecular complexity index is 2360. The van der Waals surface area contributed by atoms with Gasteiger partial charge in [0, 0.05) is 31.1 Å². The van der Waals surface area contributed by atoms with Gasteiger partial charge in [-0.15, -0.1) is 0 Å². The minimum atomic E-state index is -4.07. The van der Waals surface area contributed by atoms with E-state index in [2.05, 4.69) is 57.4 Å². The molecule has 0 aliphatic rings. The molecule has 0 aliphatic carbocycles. The van der Waals surface area contributed by atoms with Crippen molar-refractivity contribution in [1.29, 1.82) is 0 Å². The van der Waals surface area contributed by atoms with E-state index in [9.17, 15) is 27.9 Å². The lowest BCUT2D eigenvalue weighted by Gasteiger charge is -2.36. The number of nitrogens with zero attached hydrogens (tertiary/aromatic N) is 1. The quantitative estimate of drug-likeness (QED) is 0.0457. The first-order valence-corrected chi connectivity index (χ1v) is 22.1. The van der Waals surface area contributed by atoms with Crippen molar-refractivity contribution in [2.75, 3.05) is 24.7 Å². The van der Waals surface area contributed by atoms with Crippen molar-refractivity contribution in [1.82, 2.24) is 4.31 Å². The van der Waals surface area contributed by atoms with Gasteiger partial charge in [-0.25, -0.2) is 12.7 Å². The lowest BCUT2D eigenvalue weighted by molar-refractivity contribution is 0.0833. The third kappa shape index (κ3) is 11.7. The van der Waals surface area contributed by atoms with E-state index in [-0.39, 0.29) is 56.2 Å². The van der Waals surface area contributed by atoms with Gasteiger partial charge in [-0.2, -0.15) is 0 Å². The first kappa shape index (κ1) is 49.6. The Kier molecular flexibility index (Phi) is 17.0. The highest BCUT2D eigenvalue weighted by Gasteiger charge is 2.34. The number of Topliss-reactive ketones (excluding diaryl/α,β-unsaturated/α-hetero) is 1. The zero-order valence-electron chi connectivity index (χ0n) is 36.9. The van der Waals surface area contributed by atoms with Crippen LogP contribution in [0.2, 0.25) is 5.02 Å². The number of phenols is 1. The van der Waals surface area contributed by atoms with Gasteiger partial charge < -0.3 is 21.5 Å². The molecule has 5 aromatic carbocycles. The molecule has 0 radical (unpaired) electrons. The summed E-state index contributed by atoms with van der Waals surface area (Å²) < 4.78 is 26.2. The van der Waals surface area contributed by atoms with Crippen LogP contribution in [-0.4, -0.2) is 37.7 Å². The van der Waals surface area contributed by atoms with Crippen LogP contribution in [0.15, 0.2) is 118 Å². The monoisotopic (exact) mass is 858 g/mol. The number of hydrogen-bond acceptors (Lipinski definition) is 9. The van der Waals surface area contributed by atoms with E-state index in [0.29, 0.717) is 0 Å². The summed E-state index contributed by atoms with van der Waals surface area (Å²) in [5.74, 6) is -0.413. The van der Waals surface area contributed by atoms with E-state index >= 15 is 0 Å². The molecule has 5 N–H and O–H groups in total. The smallest absolute Gasteiger partial charge is 0.253 e. The van der Waals surface area contributed by atoms with E-state index in [0.717, 1.165) is 34.7 Å². The third-order valence-corrected chi connectivity index (χ3v) is 13.9. The van der Waals surface area contributed by atoms with Gasteiger partial charge >= 0.3 is 0 Å². The molecule has 0 aromatic heterocycles. The van der Waals surface area contributed by atoms with Crippen LogP contribution >= 0.6 is 11.6 Å². The number of hydrogen-bond donors (Lipinski definition) is 4. The Morgan fingerprint density at radius 3 is 1.65 bits per heavy atom. The maximum atomic E-state index is 12.6. The standard InChI is InChI=1S/C24H28ClN3O5S.C12H19N.C12H16O/c1-6-24(2,3)23(14-10-8-7-9-11-14)27-18-17(20(30)21(18)31)26-16-13-12-15(25)22(19(16)29)34(32,33)28(4)5;2*1-4-12(2,3)11(13)10-8-6-5-7-9-10/h7-13,23,26-27,29H,6H2,1-5H3;5-9,11H,4,13H2,1-3H3;5-9H,4H2,1-3H3. The van der Waals surface area contributed by atoms with Crippen LogP contribution < -0.4 is 27.2 Å². The molecule has 10 nitrogen and oxygen atoms in total. The molecule has 324 valence electrons. The SMILES string of the molecule is CCC(C)(C)C(=O)c1ccccc1.CCC(C)(C)C(N)c1ccccc1.CCC(C)(C)C(Nc1c(Nc2ccc(Cl)c(S(=O)(=O)N(C)C)c2O)c(=O)c1=O)c1ccccc1. The molecule has 0 fully saturated rings. The third-order valence-electron chi connectivity index (χ3n) is 11.6. The highest BCUT2D eigenvalue weighted by Crippen LogP contribution is 2.42. The largest absolute Gasteiger partial charge is 0.504 e. The van der Waals surface area contributed by atoms with Crippen LogP contribution in [0.4, 0.5) is 17.1 Å². The number of sulfonamides is 1. The second kappa shape index (κ2) is 20.6. The number of aromatic hydroxyl groups is 1. The molecule has 12 heteroatoms. The van der Waals surface area contributed by atoms with Gasteiger partial charge in [-0.05, 0) is 53.4 Å². The van der Waals surface area contributed by atoms with E-state index in [4.69, 9.17) is 17.3 Å². The van der Waals surface area contributed by atoms with Crippen LogP contribution in [0.25, 0.3) is 0 Å². The van der Waals surface area contributed by atoms with Crippen LogP contribution in [0.1, 0.15) is 115 Å². The van der Waals surface area contributed by atoms with E-state index in [1.807, 2.05) is 107 Å². The molecule has 0 amide bonds. The lowest BCUT2D eigenvalue weighted by Crippen LogP contribution is -2.40. The number of carbonyl (C=O) groups is 1. The first-order valence-electron chi connectivity index (χ1n) is 20.2. The van der Waals surface area contributed by atoms with Gasteiger partial charge in [0.25, 0.3) is 10.9 Å². The van der Waals surface area contributed by atoms with Gasteiger partial charge in [0.1, 0.15) is 16.3 Å². The Morgan fingerprint density at radius 2 is 1.18 bits per heavy atom.